The molecular weight excluding hydrogens is 212 g/mol. The molecule has 3 nitrogen and oxygen atoms in total. The van der Waals surface area contributed by atoms with E-state index in [0.29, 0.717) is 6.42 Å². The van der Waals surface area contributed by atoms with Gasteiger partial charge in [0.25, 0.3) is 0 Å². The van der Waals surface area contributed by atoms with Crippen molar-refractivity contribution < 1.29 is 4.79 Å². The first kappa shape index (κ1) is 11.5. The van der Waals surface area contributed by atoms with Crippen LogP contribution in [-0.2, 0) is 11.2 Å². The molecule has 2 N–H and O–H groups in total. The summed E-state index contributed by atoms with van der Waals surface area (Å²) >= 11 is 0. The minimum Gasteiger partial charge on any atom is -0.365 e. The molecule has 1 heterocycles. The number of carbonyl (C=O) groups excluding carboxylic acids is 1. The molecule has 0 spiro atoms. The van der Waals surface area contributed by atoms with Crippen molar-refractivity contribution in [2.75, 3.05) is 5.32 Å². The molecule has 0 radical (unpaired) electrons. The lowest BCUT2D eigenvalue weighted by molar-refractivity contribution is -0.115. The molecular formula is C14H16N2O. The second-order valence-electron chi connectivity index (χ2n) is 4.30. The monoisotopic (exact) mass is 228 g/mol. The van der Waals surface area contributed by atoms with Gasteiger partial charge in [0.15, 0.2) is 0 Å². The van der Waals surface area contributed by atoms with E-state index < -0.39 is 0 Å². The average molecular weight is 228 g/mol. The molecule has 0 fully saturated rings. The summed E-state index contributed by atoms with van der Waals surface area (Å²) in [5.41, 5.74) is 4.09. The molecule has 0 aliphatic heterocycles. The van der Waals surface area contributed by atoms with E-state index in [9.17, 15) is 4.79 Å². The van der Waals surface area contributed by atoms with Gasteiger partial charge in [0.2, 0.25) is 5.91 Å². The van der Waals surface area contributed by atoms with Gasteiger partial charge in [0.05, 0.1) is 6.42 Å². The van der Waals surface area contributed by atoms with Gasteiger partial charge in [0.1, 0.15) is 0 Å². The number of anilines is 1. The molecule has 3 heteroatoms. The summed E-state index contributed by atoms with van der Waals surface area (Å²) in [6, 6.07) is 9.82. The number of rotatable bonds is 3. The van der Waals surface area contributed by atoms with Crippen LogP contribution in [0.5, 0.6) is 0 Å². The number of aryl methyl sites for hydroxylation is 2. The third-order valence-electron chi connectivity index (χ3n) is 2.52. The Morgan fingerprint density at radius 2 is 1.94 bits per heavy atom. The van der Waals surface area contributed by atoms with Crippen LogP contribution in [0.15, 0.2) is 36.5 Å². The number of benzene rings is 1. The predicted octanol–water partition coefficient (Wildman–Crippen LogP) is 2.81. The molecule has 0 unspecified atom stereocenters. The third kappa shape index (κ3) is 3.21. The Morgan fingerprint density at radius 1 is 1.24 bits per heavy atom. The molecule has 1 amide bonds. The predicted molar refractivity (Wildman–Crippen MR) is 69.0 cm³/mol. The molecule has 1 aromatic carbocycles. The van der Waals surface area contributed by atoms with Gasteiger partial charge in [-0.1, -0.05) is 6.07 Å². The topological polar surface area (TPSA) is 44.9 Å². The lowest BCUT2D eigenvalue weighted by Crippen LogP contribution is -2.14. The second kappa shape index (κ2) is 4.87. The lowest BCUT2D eigenvalue weighted by atomic mass is 10.1. The second-order valence-corrected chi connectivity index (χ2v) is 4.30. The summed E-state index contributed by atoms with van der Waals surface area (Å²) in [5.74, 6) is -0.00236. The number of hydrogen-bond acceptors (Lipinski definition) is 1. The summed E-state index contributed by atoms with van der Waals surface area (Å²) in [7, 11) is 0. The van der Waals surface area contributed by atoms with Gasteiger partial charge < -0.3 is 10.3 Å². The fraction of sp³-hybridized carbons (Fsp3) is 0.214. The third-order valence-corrected chi connectivity index (χ3v) is 2.52. The number of aromatic nitrogens is 1. The normalized spacial score (nSPS) is 10.2. The highest BCUT2D eigenvalue weighted by molar-refractivity contribution is 5.92. The van der Waals surface area contributed by atoms with Gasteiger partial charge in [-0.2, -0.15) is 0 Å². The summed E-state index contributed by atoms with van der Waals surface area (Å²) in [6.07, 6.45) is 2.19. The van der Waals surface area contributed by atoms with Crippen LogP contribution in [0.4, 0.5) is 5.69 Å². The van der Waals surface area contributed by atoms with Gasteiger partial charge >= 0.3 is 0 Å². The molecule has 0 saturated heterocycles. The Labute approximate surface area is 101 Å². The number of nitrogens with one attached hydrogen (secondary N) is 2. The van der Waals surface area contributed by atoms with Gasteiger partial charge in [-0.05, 0) is 49.2 Å². The molecule has 1 aromatic heterocycles. The van der Waals surface area contributed by atoms with Gasteiger partial charge in [-0.15, -0.1) is 0 Å². The lowest BCUT2D eigenvalue weighted by Gasteiger charge is -2.07. The molecule has 0 saturated carbocycles. The maximum atomic E-state index is 11.8. The summed E-state index contributed by atoms with van der Waals surface area (Å²) < 4.78 is 0. The first-order valence-electron chi connectivity index (χ1n) is 5.64. The van der Waals surface area contributed by atoms with Crippen LogP contribution in [0, 0.1) is 13.8 Å². The van der Waals surface area contributed by atoms with E-state index in [2.05, 4.69) is 16.4 Å². The Balaban J connectivity index is 2.03. The first-order valence-corrected chi connectivity index (χ1v) is 5.64. The first-order chi connectivity index (χ1) is 8.13. The van der Waals surface area contributed by atoms with Crippen molar-refractivity contribution in [1.82, 2.24) is 4.98 Å². The maximum absolute atomic E-state index is 11.8. The Bertz CT molecular complexity index is 495. The highest BCUT2D eigenvalue weighted by Crippen LogP contribution is 2.14. The largest absolute Gasteiger partial charge is 0.365 e. The molecule has 88 valence electrons. The fourth-order valence-electron chi connectivity index (χ4n) is 1.90. The van der Waals surface area contributed by atoms with Crippen LogP contribution in [-0.4, -0.2) is 10.9 Å². The molecule has 17 heavy (non-hydrogen) atoms. The Hall–Kier alpha value is -2.03. The van der Waals surface area contributed by atoms with Crippen molar-refractivity contribution in [3.63, 3.8) is 0 Å². The molecule has 2 rings (SSSR count). The van der Waals surface area contributed by atoms with Crippen molar-refractivity contribution in [3.05, 3.63) is 53.3 Å². The SMILES string of the molecule is Cc1cc(C)cc(NC(=O)Cc2ccc[nH]2)c1. The van der Waals surface area contributed by atoms with E-state index in [0.717, 1.165) is 22.5 Å². The minimum absolute atomic E-state index is 0.00236. The quantitative estimate of drug-likeness (QED) is 0.833. The number of aromatic amines is 1. The highest BCUT2D eigenvalue weighted by Gasteiger charge is 2.05. The minimum atomic E-state index is -0.00236. The van der Waals surface area contributed by atoms with Crippen LogP contribution in [0.1, 0.15) is 16.8 Å². The summed E-state index contributed by atoms with van der Waals surface area (Å²) in [6.45, 7) is 4.04. The van der Waals surface area contributed by atoms with Crippen LogP contribution in [0.25, 0.3) is 0 Å². The van der Waals surface area contributed by atoms with Crippen molar-refractivity contribution in [2.45, 2.75) is 20.3 Å². The van der Waals surface area contributed by atoms with Crippen molar-refractivity contribution in [2.24, 2.45) is 0 Å². The van der Waals surface area contributed by atoms with Crippen LogP contribution in [0.3, 0.4) is 0 Å². The zero-order valence-corrected chi connectivity index (χ0v) is 10.1. The highest BCUT2D eigenvalue weighted by atomic mass is 16.1. The Morgan fingerprint density at radius 3 is 2.53 bits per heavy atom. The standard InChI is InChI=1S/C14H16N2O/c1-10-6-11(2)8-13(7-10)16-14(17)9-12-4-3-5-15-12/h3-8,15H,9H2,1-2H3,(H,16,17). The van der Waals surface area contributed by atoms with E-state index >= 15 is 0 Å². The smallest absolute Gasteiger partial charge is 0.230 e. The maximum Gasteiger partial charge on any atom is 0.230 e. The molecule has 2 aromatic rings. The van der Waals surface area contributed by atoms with Gasteiger partial charge in [-0.25, -0.2) is 0 Å². The summed E-state index contributed by atoms with van der Waals surface area (Å²) in [5, 5.41) is 2.90. The zero-order valence-electron chi connectivity index (χ0n) is 10.1. The van der Waals surface area contributed by atoms with Gasteiger partial charge in [-0.3, -0.25) is 4.79 Å². The molecule has 0 bridgehead atoms. The van der Waals surface area contributed by atoms with E-state index in [1.54, 1.807) is 0 Å². The number of carbonyl (C=O) groups is 1. The molecule has 0 atom stereocenters. The fourth-order valence-corrected chi connectivity index (χ4v) is 1.90. The zero-order chi connectivity index (χ0) is 12.3. The molecule has 0 aliphatic rings. The summed E-state index contributed by atoms with van der Waals surface area (Å²) in [4.78, 5) is 14.8. The van der Waals surface area contributed by atoms with Gasteiger partial charge in [0, 0.05) is 17.6 Å². The van der Waals surface area contributed by atoms with E-state index in [4.69, 9.17) is 0 Å². The number of amides is 1. The van der Waals surface area contributed by atoms with Crippen LogP contribution >= 0.6 is 0 Å². The Kier molecular flexibility index (Phi) is 3.28. The van der Waals surface area contributed by atoms with Crippen LogP contribution in [0.2, 0.25) is 0 Å². The molecule has 0 aliphatic carbocycles. The van der Waals surface area contributed by atoms with Crippen LogP contribution < -0.4 is 5.32 Å². The van der Waals surface area contributed by atoms with Crippen molar-refractivity contribution in [3.8, 4) is 0 Å². The average Bonchev–Trinajstić information content (AvgIpc) is 2.67. The van der Waals surface area contributed by atoms with Crippen molar-refractivity contribution in [1.29, 1.82) is 0 Å². The van der Waals surface area contributed by atoms with E-state index in [1.807, 2.05) is 44.3 Å². The van der Waals surface area contributed by atoms with Crippen molar-refractivity contribution >= 4 is 11.6 Å². The van der Waals surface area contributed by atoms with E-state index in [1.165, 1.54) is 0 Å². The number of hydrogen-bond donors (Lipinski definition) is 2. The van der Waals surface area contributed by atoms with E-state index in [-0.39, 0.29) is 5.91 Å². The number of H-pyrrole nitrogens is 1.